The largest absolute Gasteiger partial charge is 0.507 e. The molecule has 0 saturated heterocycles. The Labute approximate surface area is 178 Å². The first-order valence-electron chi connectivity index (χ1n) is 9.40. The lowest BCUT2D eigenvalue weighted by Crippen LogP contribution is -2.14. The average Bonchev–Trinajstić information content (AvgIpc) is 3.11. The van der Waals surface area contributed by atoms with Crippen molar-refractivity contribution in [1.82, 2.24) is 0 Å². The molecule has 30 heavy (non-hydrogen) atoms. The highest BCUT2D eigenvalue weighted by Crippen LogP contribution is 2.43. The smallest absolute Gasteiger partial charge is 0.228 e. The lowest BCUT2D eigenvalue weighted by molar-refractivity contribution is -0.115. The SMILES string of the molecule is COc1ccc(-c2oc3ccc(CC(=O)Nc4ccccc4)cc3c2SC)c(O)c1. The number of para-hydroxylation sites is 1. The Morgan fingerprint density at radius 2 is 1.90 bits per heavy atom. The number of carbonyl (C=O) groups is 1. The van der Waals surface area contributed by atoms with Gasteiger partial charge in [0.2, 0.25) is 5.91 Å². The number of rotatable bonds is 6. The van der Waals surface area contributed by atoms with Crippen molar-refractivity contribution in [2.45, 2.75) is 11.3 Å². The number of thioether (sulfide) groups is 1. The minimum atomic E-state index is -0.0808. The number of amides is 1. The molecule has 0 aliphatic carbocycles. The summed E-state index contributed by atoms with van der Waals surface area (Å²) in [6.07, 6.45) is 2.22. The van der Waals surface area contributed by atoms with Crippen molar-refractivity contribution >= 4 is 34.3 Å². The van der Waals surface area contributed by atoms with Gasteiger partial charge in [-0.05, 0) is 48.2 Å². The molecule has 0 saturated carbocycles. The zero-order chi connectivity index (χ0) is 21.1. The van der Waals surface area contributed by atoms with E-state index in [2.05, 4.69) is 5.32 Å². The van der Waals surface area contributed by atoms with Crippen LogP contribution in [-0.2, 0) is 11.2 Å². The number of methoxy groups -OCH3 is 1. The molecule has 1 amide bonds. The van der Waals surface area contributed by atoms with E-state index >= 15 is 0 Å². The van der Waals surface area contributed by atoms with Crippen LogP contribution in [-0.4, -0.2) is 24.4 Å². The molecule has 0 atom stereocenters. The van der Waals surface area contributed by atoms with Gasteiger partial charge in [-0.25, -0.2) is 0 Å². The molecule has 152 valence electrons. The predicted molar refractivity (Wildman–Crippen MR) is 120 cm³/mol. The predicted octanol–water partition coefficient (Wildman–Crippen LogP) is 5.72. The Balaban J connectivity index is 1.65. The summed E-state index contributed by atoms with van der Waals surface area (Å²) in [5.74, 6) is 1.18. The van der Waals surface area contributed by atoms with Crippen LogP contribution in [0.15, 0.2) is 76.0 Å². The minimum Gasteiger partial charge on any atom is -0.507 e. The maximum absolute atomic E-state index is 12.4. The van der Waals surface area contributed by atoms with E-state index in [4.69, 9.17) is 9.15 Å². The number of benzene rings is 3. The summed E-state index contributed by atoms with van der Waals surface area (Å²) < 4.78 is 11.2. The van der Waals surface area contributed by atoms with E-state index < -0.39 is 0 Å². The highest BCUT2D eigenvalue weighted by Gasteiger charge is 2.19. The highest BCUT2D eigenvalue weighted by atomic mass is 32.2. The lowest BCUT2D eigenvalue weighted by Gasteiger charge is -2.06. The van der Waals surface area contributed by atoms with Crippen molar-refractivity contribution in [3.8, 4) is 22.8 Å². The molecule has 6 heteroatoms. The van der Waals surface area contributed by atoms with Gasteiger partial charge in [-0.3, -0.25) is 4.79 Å². The van der Waals surface area contributed by atoms with Crippen molar-refractivity contribution in [2.24, 2.45) is 0 Å². The van der Waals surface area contributed by atoms with E-state index in [0.717, 1.165) is 21.5 Å². The van der Waals surface area contributed by atoms with Crippen LogP contribution in [0.25, 0.3) is 22.3 Å². The second-order valence-corrected chi connectivity index (χ2v) is 7.59. The molecule has 0 radical (unpaired) electrons. The number of phenolic OH excluding ortho intramolecular Hbond substituents is 1. The third-order valence-corrected chi connectivity index (χ3v) is 5.60. The third kappa shape index (κ3) is 4.00. The van der Waals surface area contributed by atoms with E-state index in [9.17, 15) is 9.90 Å². The number of phenols is 1. The first-order valence-corrected chi connectivity index (χ1v) is 10.6. The molecule has 2 N–H and O–H groups in total. The molecule has 0 unspecified atom stereocenters. The standard InChI is InChI=1S/C24H21NO4S/c1-28-17-9-10-18(20(26)14-17)23-24(30-2)19-12-15(8-11-21(19)29-23)13-22(27)25-16-6-4-3-5-7-16/h3-12,14,26H,13H2,1-2H3,(H,25,27). The van der Waals surface area contributed by atoms with Crippen molar-refractivity contribution in [1.29, 1.82) is 0 Å². The number of fused-ring (bicyclic) bond motifs is 1. The molecular formula is C24H21NO4S. The van der Waals surface area contributed by atoms with E-state index in [1.165, 1.54) is 11.8 Å². The molecule has 3 aromatic carbocycles. The number of ether oxygens (including phenoxy) is 1. The molecule has 0 spiro atoms. The molecular weight excluding hydrogens is 398 g/mol. The Kier molecular flexibility index (Phi) is 5.68. The van der Waals surface area contributed by atoms with Crippen LogP contribution in [0, 0.1) is 0 Å². The van der Waals surface area contributed by atoms with Gasteiger partial charge in [0.05, 0.1) is 24.0 Å². The Bertz CT molecular complexity index is 1200. The van der Waals surface area contributed by atoms with Crippen LogP contribution in [0.1, 0.15) is 5.56 Å². The number of aromatic hydroxyl groups is 1. The summed E-state index contributed by atoms with van der Waals surface area (Å²) in [6.45, 7) is 0. The Morgan fingerprint density at radius 1 is 1.10 bits per heavy atom. The van der Waals surface area contributed by atoms with Crippen LogP contribution >= 0.6 is 11.8 Å². The number of carbonyl (C=O) groups excluding carboxylic acids is 1. The highest BCUT2D eigenvalue weighted by molar-refractivity contribution is 7.99. The monoisotopic (exact) mass is 419 g/mol. The number of hydrogen-bond donors (Lipinski definition) is 2. The van der Waals surface area contributed by atoms with Gasteiger partial charge in [0, 0.05) is 17.1 Å². The first-order chi connectivity index (χ1) is 14.6. The fourth-order valence-electron chi connectivity index (χ4n) is 3.35. The minimum absolute atomic E-state index is 0.0808. The summed E-state index contributed by atoms with van der Waals surface area (Å²) >= 11 is 1.54. The normalized spacial score (nSPS) is 10.9. The van der Waals surface area contributed by atoms with E-state index in [1.54, 1.807) is 25.3 Å². The van der Waals surface area contributed by atoms with Crippen LogP contribution in [0.5, 0.6) is 11.5 Å². The molecule has 5 nitrogen and oxygen atoms in total. The van der Waals surface area contributed by atoms with Crippen molar-refractivity contribution in [2.75, 3.05) is 18.7 Å². The van der Waals surface area contributed by atoms with Gasteiger partial charge in [0.15, 0.2) is 5.76 Å². The molecule has 0 aliphatic rings. The lowest BCUT2D eigenvalue weighted by atomic mass is 10.1. The van der Waals surface area contributed by atoms with Gasteiger partial charge in [-0.15, -0.1) is 11.8 Å². The Hall–Kier alpha value is -3.38. The van der Waals surface area contributed by atoms with Crippen LogP contribution in [0.3, 0.4) is 0 Å². The van der Waals surface area contributed by atoms with Crippen molar-refractivity contribution in [3.63, 3.8) is 0 Å². The Morgan fingerprint density at radius 3 is 2.60 bits per heavy atom. The second kappa shape index (κ2) is 8.55. The van der Waals surface area contributed by atoms with Gasteiger partial charge in [0.25, 0.3) is 0 Å². The molecule has 0 aliphatic heterocycles. The summed E-state index contributed by atoms with van der Waals surface area (Å²) in [4.78, 5) is 13.3. The van der Waals surface area contributed by atoms with Gasteiger partial charge in [-0.1, -0.05) is 24.3 Å². The van der Waals surface area contributed by atoms with Gasteiger partial charge < -0.3 is 19.6 Å². The van der Waals surface area contributed by atoms with Crippen LogP contribution in [0.4, 0.5) is 5.69 Å². The number of nitrogens with one attached hydrogen (secondary N) is 1. The van der Waals surface area contributed by atoms with E-state index in [-0.39, 0.29) is 18.1 Å². The van der Waals surface area contributed by atoms with Gasteiger partial charge in [-0.2, -0.15) is 0 Å². The van der Waals surface area contributed by atoms with E-state index in [1.807, 2.05) is 54.8 Å². The van der Waals surface area contributed by atoms with Gasteiger partial charge in [0.1, 0.15) is 17.1 Å². The zero-order valence-corrected chi connectivity index (χ0v) is 17.5. The van der Waals surface area contributed by atoms with Gasteiger partial charge >= 0.3 is 0 Å². The number of furan rings is 1. The summed E-state index contributed by atoms with van der Waals surface area (Å²) in [6, 6.07) is 20.2. The van der Waals surface area contributed by atoms with E-state index in [0.29, 0.717) is 22.7 Å². The van der Waals surface area contributed by atoms with Crippen LogP contribution in [0.2, 0.25) is 0 Å². The summed E-state index contributed by atoms with van der Waals surface area (Å²) in [5.41, 5.74) is 2.96. The van der Waals surface area contributed by atoms with Crippen molar-refractivity contribution in [3.05, 3.63) is 72.3 Å². The quantitative estimate of drug-likeness (QED) is 0.391. The topological polar surface area (TPSA) is 71.7 Å². The van der Waals surface area contributed by atoms with Crippen molar-refractivity contribution < 1.29 is 19.1 Å². The average molecular weight is 420 g/mol. The molecule has 1 aromatic heterocycles. The second-order valence-electron chi connectivity index (χ2n) is 6.77. The summed E-state index contributed by atoms with van der Waals surface area (Å²) in [5, 5.41) is 14.3. The number of anilines is 1. The molecule has 0 bridgehead atoms. The fraction of sp³-hybridized carbons (Fsp3) is 0.125. The maximum atomic E-state index is 12.4. The molecule has 0 fully saturated rings. The fourth-order valence-corrected chi connectivity index (χ4v) is 4.07. The maximum Gasteiger partial charge on any atom is 0.228 e. The third-order valence-electron chi connectivity index (χ3n) is 4.78. The van der Waals surface area contributed by atoms with Crippen LogP contribution < -0.4 is 10.1 Å². The first kappa shape index (κ1) is 19.9. The number of hydrogen-bond acceptors (Lipinski definition) is 5. The molecule has 4 rings (SSSR count). The zero-order valence-electron chi connectivity index (χ0n) is 16.6. The summed E-state index contributed by atoms with van der Waals surface area (Å²) in [7, 11) is 1.55. The molecule has 4 aromatic rings. The molecule has 1 heterocycles.